The standard InChI is InChI=1S/C12H24N2OS/c1-10(7-16-3)11(15)14-9-12(2)5-4-6-13-8-12/h10,13H,4-9H2,1-3H3,(H,14,15). The first-order valence-corrected chi connectivity index (χ1v) is 7.44. The van der Waals surface area contributed by atoms with Gasteiger partial charge < -0.3 is 10.6 Å². The Labute approximate surface area is 103 Å². The zero-order valence-electron chi connectivity index (χ0n) is 10.6. The Bertz CT molecular complexity index is 227. The molecule has 1 aliphatic rings. The van der Waals surface area contributed by atoms with Crippen LogP contribution in [0, 0.1) is 11.3 Å². The van der Waals surface area contributed by atoms with Gasteiger partial charge in [-0.15, -0.1) is 0 Å². The smallest absolute Gasteiger partial charge is 0.223 e. The number of hydrogen-bond donors (Lipinski definition) is 2. The Hall–Kier alpha value is -0.220. The highest BCUT2D eigenvalue weighted by Crippen LogP contribution is 2.24. The fourth-order valence-corrected chi connectivity index (χ4v) is 2.72. The third kappa shape index (κ3) is 4.34. The summed E-state index contributed by atoms with van der Waals surface area (Å²) in [6.07, 6.45) is 4.46. The van der Waals surface area contributed by atoms with Crippen LogP contribution in [0.5, 0.6) is 0 Å². The van der Waals surface area contributed by atoms with Crippen LogP contribution in [0.2, 0.25) is 0 Å². The molecule has 16 heavy (non-hydrogen) atoms. The van der Waals surface area contributed by atoms with Crippen LogP contribution in [0.15, 0.2) is 0 Å². The second kappa shape index (κ2) is 6.50. The molecule has 2 N–H and O–H groups in total. The summed E-state index contributed by atoms with van der Waals surface area (Å²) >= 11 is 1.73. The van der Waals surface area contributed by atoms with Gasteiger partial charge in [0.25, 0.3) is 0 Å². The number of carbonyl (C=O) groups excluding carboxylic acids is 1. The van der Waals surface area contributed by atoms with Crippen LogP contribution in [0.25, 0.3) is 0 Å². The number of piperidine rings is 1. The van der Waals surface area contributed by atoms with Gasteiger partial charge in [0.15, 0.2) is 0 Å². The van der Waals surface area contributed by atoms with E-state index in [1.807, 2.05) is 13.2 Å². The monoisotopic (exact) mass is 244 g/mol. The lowest BCUT2D eigenvalue weighted by Crippen LogP contribution is -2.46. The molecule has 2 unspecified atom stereocenters. The van der Waals surface area contributed by atoms with Crippen LogP contribution in [0.3, 0.4) is 0 Å². The number of carbonyl (C=O) groups is 1. The van der Waals surface area contributed by atoms with Crippen LogP contribution in [-0.4, -0.2) is 37.6 Å². The number of thioether (sulfide) groups is 1. The molecule has 0 aromatic heterocycles. The van der Waals surface area contributed by atoms with E-state index in [2.05, 4.69) is 17.6 Å². The van der Waals surface area contributed by atoms with Crippen molar-refractivity contribution in [1.82, 2.24) is 10.6 Å². The van der Waals surface area contributed by atoms with Gasteiger partial charge in [0.2, 0.25) is 5.91 Å². The van der Waals surface area contributed by atoms with Crippen LogP contribution >= 0.6 is 11.8 Å². The van der Waals surface area contributed by atoms with Crippen LogP contribution in [-0.2, 0) is 4.79 Å². The van der Waals surface area contributed by atoms with Gasteiger partial charge >= 0.3 is 0 Å². The van der Waals surface area contributed by atoms with Gasteiger partial charge in [0.1, 0.15) is 0 Å². The van der Waals surface area contributed by atoms with Gasteiger partial charge in [-0.05, 0) is 31.1 Å². The molecule has 1 amide bonds. The Balaban J connectivity index is 2.29. The average Bonchev–Trinajstić information content (AvgIpc) is 2.27. The fourth-order valence-electron chi connectivity index (χ4n) is 2.07. The van der Waals surface area contributed by atoms with E-state index in [4.69, 9.17) is 0 Å². The van der Waals surface area contributed by atoms with Crippen LogP contribution in [0.1, 0.15) is 26.7 Å². The molecule has 1 fully saturated rings. The van der Waals surface area contributed by atoms with Crippen molar-refractivity contribution in [3.05, 3.63) is 0 Å². The topological polar surface area (TPSA) is 41.1 Å². The molecular formula is C12H24N2OS. The molecule has 4 heteroatoms. The predicted molar refractivity (Wildman–Crippen MR) is 70.8 cm³/mol. The van der Waals surface area contributed by atoms with Gasteiger partial charge in [-0.3, -0.25) is 4.79 Å². The van der Waals surface area contributed by atoms with Gasteiger partial charge in [-0.2, -0.15) is 11.8 Å². The van der Waals surface area contributed by atoms with Gasteiger partial charge in [-0.1, -0.05) is 13.8 Å². The molecule has 94 valence electrons. The van der Waals surface area contributed by atoms with Gasteiger partial charge in [0, 0.05) is 24.8 Å². The summed E-state index contributed by atoms with van der Waals surface area (Å²) < 4.78 is 0. The summed E-state index contributed by atoms with van der Waals surface area (Å²) in [5.74, 6) is 1.22. The van der Waals surface area contributed by atoms with E-state index >= 15 is 0 Å². The van der Waals surface area contributed by atoms with Gasteiger partial charge in [0.05, 0.1) is 0 Å². The van der Waals surface area contributed by atoms with Crippen molar-refractivity contribution in [1.29, 1.82) is 0 Å². The summed E-state index contributed by atoms with van der Waals surface area (Å²) in [7, 11) is 0. The maximum absolute atomic E-state index is 11.8. The first kappa shape index (κ1) is 13.8. The molecule has 1 heterocycles. The van der Waals surface area contributed by atoms with Crippen molar-refractivity contribution in [3.63, 3.8) is 0 Å². The highest BCUT2D eigenvalue weighted by molar-refractivity contribution is 7.98. The van der Waals surface area contributed by atoms with Gasteiger partial charge in [-0.25, -0.2) is 0 Å². The highest BCUT2D eigenvalue weighted by atomic mass is 32.2. The normalized spacial score (nSPS) is 27.4. The molecule has 0 saturated carbocycles. The van der Waals surface area contributed by atoms with Crippen molar-refractivity contribution in [2.45, 2.75) is 26.7 Å². The summed E-state index contributed by atoms with van der Waals surface area (Å²) in [6.45, 7) is 7.18. The maximum Gasteiger partial charge on any atom is 0.223 e. The third-order valence-electron chi connectivity index (χ3n) is 3.24. The van der Waals surface area contributed by atoms with Crippen LogP contribution < -0.4 is 10.6 Å². The van der Waals surface area contributed by atoms with E-state index in [9.17, 15) is 4.79 Å². The molecule has 1 rings (SSSR count). The minimum Gasteiger partial charge on any atom is -0.355 e. The summed E-state index contributed by atoms with van der Waals surface area (Å²) in [4.78, 5) is 11.8. The van der Waals surface area contributed by atoms with E-state index in [1.54, 1.807) is 11.8 Å². The van der Waals surface area contributed by atoms with E-state index in [0.717, 1.165) is 25.4 Å². The molecule has 0 spiro atoms. The fraction of sp³-hybridized carbons (Fsp3) is 0.917. The molecule has 2 atom stereocenters. The van der Waals surface area contributed by atoms with E-state index in [1.165, 1.54) is 12.8 Å². The Morgan fingerprint density at radius 3 is 2.94 bits per heavy atom. The lowest BCUT2D eigenvalue weighted by molar-refractivity contribution is -0.124. The summed E-state index contributed by atoms with van der Waals surface area (Å²) in [5, 5.41) is 6.48. The largest absolute Gasteiger partial charge is 0.355 e. The number of hydrogen-bond acceptors (Lipinski definition) is 3. The van der Waals surface area contributed by atoms with Crippen LogP contribution in [0.4, 0.5) is 0 Å². The lowest BCUT2D eigenvalue weighted by atomic mass is 9.82. The Morgan fingerprint density at radius 1 is 1.62 bits per heavy atom. The van der Waals surface area contributed by atoms with Crippen molar-refractivity contribution in [2.75, 3.05) is 31.6 Å². The zero-order chi connectivity index (χ0) is 12.0. The third-order valence-corrected chi connectivity index (χ3v) is 4.07. The summed E-state index contributed by atoms with van der Waals surface area (Å²) in [5.41, 5.74) is 0.243. The second-order valence-electron chi connectivity index (χ2n) is 5.17. The minimum atomic E-state index is 0.121. The van der Waals surface area contributed by atoms with Crippen molar-refractivity contribution in [3.8, 4) is 0 Å². The quantitative estimate of drug-likeness (QED) is 0.770. The van der Waals surface area contributed by atoms with Crippen molar-refractivity contribution < 1.29 is 4.79 Å². The molecule has 0 aromatic carbocycles. The Kier molecular flexibility index (Phi) is 5.62. The maximum atomic E-state index is 11.8. The molecule has 1 saturated heterocycles. The lowest BCUT2D eigenvalue weighted by Gasteiger charge is -2.34. The molecule has 0 radical (unpaired) electrons. The minimum absolute atomic E-state index is 0.121. The summed E-state index contributed by atoms with van der Waals surface area (Å²) in [6, 6.07) is 0. The van der Waals surface area contributed by atoms with E-state index in [0.29, 0.717) is 0 Å². The first-order chi connectivity index (χ1) is 7.57. The predicted octanol–water partition coefficient (Wildman–Crippen LogP) is 1.49. The number of nitrogens with one attached hydrogen (secondary N) is 2. The number of amides is 1. The molecule has 1 aliphatic heterocycles. The SMILES string of the molecule is CSCC(C)C(=O)NCC1(C)CCCNC1. The molecule has 0 bridgehead atoms. The molecule has 0 aliphatic carbocycles. The molecule has 0 aromatic rings. The Morgan fingerprint density at radius 2 is 2.38 bits per heavy atom. The van der Waals surface area contributed by atoms with Crippen molar-refractivity contribution >= 4 is 17.7 Å². The second-order valence-corrected chi connectivity index (χ2v) is 6.08. The van der Waals surface area contributed by atoms with Crippen molar-refractivity contribution in [2.24, 2.45) is 11.3 Å². The average molecular weight is 244 g/mol. The molecular weight excluding hydrogens is 220 g/mol. The zero-order valence-corrected chi connectivity index (χ0v) is 11.5. The highest BCUT2D eigenvalue weighted by Gasteiger charge is 2.27. The van der Waals surface area contributed by atoms with E-state index < -0.39 is 0 Å². The first-order valence-electron chi connectivity index (χ1n) is 6.05. The van der Waals surface area contributed by atoms with E-state index in [-0.39, 0.29) is 17.2 Å². The molecule has 3 nitrogen and oxygen atoms in total. The number of rotatable bonds is 5.